The van der Waals surface area contributed by atoms with E-state index < -0.39 is 0 Å². The van der Waals surface area contributed by atoms with Gasteiger partial charge in [0.2, 0.25) is 5.91 Å². The highest BCUT2D eigenvalue weighted by Gasteiger charge is 2.16. The van der Waals surface area contributed by atoms with Gasteiger partial charge in [0.05, 0.1) is 0 Å². The van der Waals surface area contributed by atoms with Gasteiger partial charge in [0, 0.05) is 12.5 Å². The van der Waals surface area contributed by atoms with Crippen LogP contribution in [0.2, 0.25) is 0 Å². The maximum Gasteiger partial charge on any atom is 0.220 e. The Hall–Kier alpha value is -0.530. The van der Waals surface area contributed by atoms with Crippen molar-refractivity contribution in [2.45, 2.75) is 52.0 Å². The number of hydrogen-bond donors (Lipinski definition) is 1. The molecule has 0 radical (unpaired) electrons. The molecule has 0 heterocycles. The van der Waals surface area contributed by atoms with Gasteiger partial charge < -0.3 is 5.32 Å². The lowest BCUT2D eigenvalue weighted by molar-refractivity contribution is -0.122. The van der Waals surface area contributed by atoms with E-state index in [0.717, 1.165) is 0 Å². The van der Waals surface area contributed by atoms with Gasteiger partial charge in [0.15, 0.2) is 0 Å². The van der Waals surface area contributed by atoms with Crippen LogP contribution in [-0.2, 0) is 4.79 Å². The Kier molecular flexibility index (Phi) is 3.57. The fourth-order valence-electron chi connectivity index (χ4n) is 1.73. The molecule has 0 unspecified atom stereocenters. The number of hydrogen-bond acceptors (Lipinski definition) is 1. The van der Waals surface area contributed by atoms with Crippen LogP contribution in [0.15, 0.2) is 0 Å². The first kappa shape index (κ1) is 9.56. The molecule has 0 bridgehead atoms. The summed E-state index contributed by atoms with van der Waals surface area (Å²) in [4.78, 5) is 11.3. The predicted molar refractivity (Wildman–Crippen MR) is 49.9 cm³/mol. The first-order valence-corrected chi connectivity index (χ1v) is 4.98. The highest BCUT2D eigenvalue weighted by atomic mass is 16.1. The normalized spacial score (nSPS) is 18.6. The molecule has 1 aliphatic carbocycles. The summed E-state index contributed by atoms with van der Waals surface area (Å²) < 4.78 is 0. The molecule has 0 aliphatic heterocycles. The molecule has 1 amide bonds. The van der Waals surface area contributed by atoms with E-state index in [1.807, 2.05) is 0 Å². The summed E-state index contributed by atoms with van der Waals surface area (Å²) in [5, 5.41) is 3.07. The number of carbonyl (C=O) groups excluding carboxylic acids is 1. The molecule has 1 fully saturated rings. The van der Waals surface area contributed by atoms with Crippen molar-refractivity contribution in [1.29, 1.82) is 0 Å². The maximum atomic E-state index is 11.3. The predicted octanol–water partition coefficient (Wildman–Crippen LogP) is 2.09. The summed E-state index contributed by atoms with van der Waals surface area (Å²) in [5.41, 5.74) is 0. The molecule has 0 aromatic heterocycles. The van der Waals surface area contributed by atoms with Crippen LogP contribution in [0, 0.1) is 5.92 Å². The molecule has 1 aliphatic rings. The molecule has 1 saturated carbocycles. The second-order valence-corrected chi connectivity index (χ2v) is 4.15. The van der Waals surface area contributed by atoms with E-state index in [4.69, 9.17) is 0 Å². The molecule has 0 saturated heterocycles. The van der Waals surface area contributed by atoms with E-state index in [0.29, 0.717) is 18.4 Å². The van der Waals surface area contributed by atoms with Crippen molar-refractivity contribution < 1.29 is 4.79 Å². The molecule has 0 aromatic carbocycles. The minimum absolute atomic E-state index is 0.233. The Bertz CT molecular complexity index is 148. The third-order valence-corrected chi connectivity index (χ3v) is 2.31. The maximum absolute atomic E-state index is 11.3. The number of carbonyl (C=O) groups is 1. The van der Waals surface area contributed by atoms with Gasteiger partial charge in [0.25, 0.3) is 0 Å². The molecule has 0 aromatic rings. The van der Waals surface area contributed by atoms with Crippen molar-refractivity contribution in [3.63, 3.8) is 0 Å². The molecule has 0 spiro atoms. The van der Waals surface area contributed by atoms with Crippen LogP contribution in [-0.4, -0.2) is 11.9 Å². The van der Waals surface area contributed by atoms with Crippen molar-refractivity contribution in [3.8, 4) is 0 Å². The Labute approximate surface area is 74.7 Å². The summed E-state index contributed by atoms with van der Waals surface area (Å²) in [6.45, 7) is 4.16. The number of nitrogens with one attached hydrogen (secondary N) is 1. The molecule has 70 valence electrons. The van der Waals surface area contributed by atoms with Crippen molar-refractivity contribution in [2.24, 2.45) is 5.92 Å². The molecular weight excluding hydrogens is 150 g/mol. The van der Waals surface area contributed by atoms with Gasteiger partial charge >= 0.3 is 0 Å². The Morgan fingerprint density at radius 3 is 2.50 bits per heavy atom. The lowest BCUT2D eigenvalue weighted by Gasteiger charge is -2.12. The van der Waals surface area contributed by atoms with Crippen molar-refractivity contribution in [1.82, 2.24) is 5.32 Å². The summed E-state index contributed by atoms with van der Waals surface area (Å²) >= 11 is 0. The van der Waals surface area contributed by atoms with E-state index >= 15 is 0 Å². The third-order valence-electron chi connectivity index (χ3n) is 2.31. The van der Waals surface area contributed by atoms with Crippen LogP contribution in [0.4, 0.5) is 0 Å². The van der Waals surface area contributed by atoms with Crippen LogP contribution in [0.5, 0.6) is 0 Å². The van der Waals surface area contributed by atoms with Crippen molar-refractivity contribution in [3.05, 3.63) is 0 Å². The van der Waals surface area contributed by atoms with Crippen LogP contribution < -0.4 is 5.32 Å². The summed E-state index contributed by atoms with van der Waals surface area (Å²) in [7, 11) is 0. The molecule has 1 N–H and O–H groups in total. The Morgan fingerprint density at radius 1 is 1.42 bits per heavy atom. The summed E-state index contributed by atoms with van der Waals surface area (Å²) in [5.74, 6) is 0.711. The van der Waals surface area contributed by atoms with Gasteiger partial charge in [-0.2, -0.15) is 0 Å². The highest BCUT2D eigenvalue weighted by molar-refractivity contribution is 5.76. The topological polar surface area (TPSA) is 29.1 Å². The molecule has 12 heavy (non-hydrogen) atoms. The number of rotatable bonds is 3. The van der Waals surface area contributed by atoms with Gasteiger partial charge in [-0.15, -0.1) is 0 Å². The van der Waals surface area contributed by atoms with Crippen LogP contribution in [0.3, 0.4) is 0 Å². The first-order valence-electron chi connectivity index (χ1n) is 4.98. The average Bonchev–Trinajstić information content (AvgIpc) is 2.37. The lowest BCUT2D eigenvalue weighted by Crippen LogP contribution is -2.33. The standard InChI is InChI=1S/C10H19NO/c1-8(2)7-10(12)11-9-5-3-4-6-9/h8-9H,3-7H2,1-2H3,(H,11,12). The van der Waals surface area contributed by atoms with E-state index in [1.54, 1.807) is 0 Å². The Morgan fingerprint density at radius 2 is 2.00 bits per heavy atom. The second-order valence-electron chi connectivity index (χ2n) is 4.15. The van der Waals surface area contributed by atoms with Crippen LogP contribution in [0.25, 0.3) is 0 Å². The van der Waals surface area contributed by atoms with Gasteiger partial charge in [-0.3, -0.25) is 4.79 Å². The van der Waals surface area contributed by atoms with Crippen molar-refractivity contribution in [2.75, 3.05) is 0 Å². The van der Waals surface area contributed by atoms with E-state index in [-0.39, 0.29) is 5.91 Å². The molecular formula is C10H19NO. The second kappa shape index (κ2) is 4.48. The zero-order chi connectivity index (χ0) is 8.97. The smallest absolute Gasteiger partial charge is 0.220 e. The molecule has 1 rings (SSSR count). The molecule has 2 heteroatoms. The minimum Gasteiger partial charge on any atom is -0.353 e. The van der Waals surface area contributed by atoms with Crippen LogP contribution in [0.1, 0.15) is 46.0 Å². The number of amides is 1. The zero-order valence-corrected chi connectivity index (χ0v) is 8.10. The van der Waals surface area contributed by atoms with Crippen LogP contribution >= 0.6 is 0 Å². The summed E-state index contributed by atoms with van der Waals surface area (Å²) in [6.07, 6.45) is 5.61. The SMILES string of the molecule is CC(C)CC(=O)NC1CCCC1. The molecule has 0 atom stereocenters. The average molecular weight is 169 g/mol. The van der Waals surface area contributed by atoms with Gasteiger partial charge in [-0.05, 0) is 18.8 Å². The van der Waals surface area contributed by atoms with E-state index in [1.165, 1.54) is 25.7 Å². The van der Waals surface area contributed by atoms with Crippen molar-refractivity contribution >= 4 is 5.91 Å². The fourth-order valence-corrected chi connectivity index (χ4v) is 1.73. The largest absolute Gasteiger partial charge is 0.353 e. The molecule has 2 nitrogen and oxygen atoms in total. The summed E-state index contributed by atoms with van der Waals surface area (Å²) in [6, 6.07) is 0.483. The monoisotopic (exact) mass is 169 g/mol. The highest BCUT2D eigenvalue weighted by Crippen LogP contribution is 2.17. The van der Waals surface area contributed by atoms with E-state index in [2.05, 4.69) is 19.2 Å². The first-order chi connectivity index (χ1) is 5.68. The third kappa shape index (κ3) is 3.24. The zero-order valence-electron chi connectivity index (χ0n) is 8.10. The quantitative estimate of drug-likeness (QED) is 0.688. The van der Waals surface area contributed by atoms with Gasteiger partial charge in [-0.1, -0.05) is 26.7 Å². The minimum atomic E-state index is 0.233. The fraction of sp³-hybridized carbons (Fsp3) is 0.900. The Balaban J connectivity index is 2.16. The van der Waals surface area contributed by atoms with E-state index in [9.17, 15) is 4.79 Å². The lowest BCUT2D eigenvalue weighted by atomic mass is 10.1. The van der Waals surface area contributed by atoms with Gasteiger partial charge in [0.1, 0.15) is 0 Å². The van der Waals surface area contributed by atoms with Gasteiger partial charge in [-0.25, -0.2) is 0 Å².